The highest BCUT2D eigenvalue weighted by Gasteiger charge is 2.12. The summed E-state index contributed by atoms with van der Waals surface area (Å²) in [4.78, 5) is 24.1. The predicted octanol–water partition coefficient (Wildman–Crippen LogP) is 5.17. The number of hydrogen-bond acceptors (Lipinski definition) is 4. The first kappa shape index (κ1) is 21.7. The Hall–Kier alpha value is -2.97. The fourth-order valence-electron chi connectivity index (χ4n) is 2.54. The van der Waals surface area contributed by atoms with Crippen molar-refractivity contribution in [2.75, 3.05) is 5.32 Å². The van der Waals surface area contributed by atoms with Gasteiger partial charge >= 0.3 is 0 Å². The molecule has 9 heteroatoms. The van der Waals surface area contributed by atoms with E-state index >= 15 is 0 Å². The second-order valence-electron chi connectivity index (χ2n) is 6.24. The lowest BCUT2D eigenvalue weighted by atomic mass is 10.1. The van der Waals surface area contributed by atoms with Crippen LogP contribution in [0, 0.1) is 5.82 Å². The number of amides is 2. The molecule has 2 aromatic carbocycles. The molecule has 0 saturated heterocycles. The standard InChI is InChI=1S/C21H16BrClFN3O3/c1-12(26-27-20(28)11-15-16(23)3-2-4-17(15)24)13-5-7-14(8-6-13)25-21(29)18-9-10-19(22)30-18/h2-10H,11H2,1H3,(H,25,29)(H,27,28)/b26-12+. The van der Waals surface area contributed by atoms with Gasteiger partial charge in [-0.2, -0.15) is 5.10 Å². The summed E-state index contributed by atoms with van der Waals surface area (Å²) >= 11 is 9.08. The number of hydrogen-bond donors (Lipinski definition) is 2. The first-order chi connectivity index (χ1) is 14.3. The molecular weight excluding hydrogens is 477 g/mol. The van der Waals surface area contributed by atoms with E-state index in [1.165, 1.54) is 18.2 Å². The summed E-state index contributed by atoms with van der Waals surface area (Å²) in [5, 5.41) is 6.93. The molecule has 3 aromatic rings. The van der Waals surface area contributed by atoms with Crippen LogP contribution in [0.15, 0.2) is 68.8 Å². The average Bonchev–Trinajstić information content (AvgIpc) is 3.16. The van der Waals surface area contributed by atoms with Crippen LogP contribution in [0.3, 0.4) is 0 Å². The number of hydrazone groups is 1. The van der Waals surface area contributed by atoms with Gasteiger partial charge in [0.1, 0.15) is 5.82 Å². The molecule has 2 N–H and O–H groups in total. The van der Waals surface area contributed by atoms with Gasteiger partial charge in [-0.1, -0.05) is 29.8 Å². The third-order valence-electron chi connectivity index (χ3n) is 4.10. The third-order valence-corrected chi connectivity index (χ3v) is 4.89. The number of halogens is 3. The molecule has 0 radical (unpaired) electrons. The number of carbonyl (C=O) groups excluding carboxylic acids is 2. The molecule has 0 unspecified atom stereocenters. The Morgan fingerprint density at radius 2 is 1.87 bits per heavy atom. The van der Waals surface area contributed by atoms with Gasteiger partial charge in [0.2, 0.25) is 5.91 Å². The molecule has 6 nitrogen and oxygen atoms in total. The van der Waals surface area contributed by atoms with E-state index in [9.17, 15) is 14.0 Å². The quantitative estimate of drug-likeness (QED) is 0.368. The van der Waals surface area contributed by atoms with Crippen LogP contribution in [-0.2, 0) is 11.2 Å². The van der Waals surface area contributed by atoms with Gasteiger partial charge in [-0.3, -0.25) is 9.59 Å². The van der Waals surface area contributed by atoms with Crippen LogP contribution >= 0.6 is 27.5 Å². The second-order valence-corrected chi connectivity index (χ2v) is 7.43. The highest BCUT2D eigenvalue weighted by Crippen LogP contribution is 2.19. The Morgan fingerprint density at radius 1 is 1.13 bits per heavy atom. The zero-order valence-electron chi connectivity index (χ0n) is 15.7. The van der Waals surface area contributed by atoms with E-state index in [1.54, 1.807) is 43.3 Å². The number of anilines is 1. The summed E-state index contributed by atoms with van der Waals surface area (Å²) in [7, 11) is 0. The lowest BCUT2D eigenvalue weighted by molar-refractivity contribution is -0.120. The van der Waals surface area contributed by atoms with Crippen molar-refractivity contribution in [3.05, 3.63) is 87.0 Å². The Kier molecular flexibility index (Phi) is 7.02. The van der Waals surface area contributed by atoms with E-state index in [1.807, 2.05) is 0 Å². The Balaban J connectivity index is 1.59. The van der Waals surface area contributed by atoms with Gasteiger partial charge in [-0.15, -0.1) is 0 Å². The van der Waals surface area contributed by atoms with Crippen molar-refractivity contribution in [2.45, 2.75) is 13.3 Å². The monoisotopic (exact) mass is 491 g/mol. The fourth-order valence-corrected chi connectivity index (χ4v) is 3.07. The molecule has 2 amide bonds. The summed E-state index contributed by atoms with van der Waals surface area (Å²) < 4.78 is 19.4. The maximum atomic E-state index is 13.8. The molecule has 0 aliphatic rings. The van der Waals surface area contributed by atoms with Gasteiger partial charge in [0.25, 0.3) is 5.91 Å². The first-order valence-electron chi connectivity index (χ1n) is 8.76. The van der Waals surface area contributed by atoms with Crippen LogP contribution in [0.2, 0.25) is 5.02 Å². The minimum atomic E-state index is -0.544. The normalized spacial score (nSPS) is 11.3. The number of furan rings is 1. The minimum Gasteiger partial charge on any atom is -0.444 e. The lowest BCUT2D eigenvalue weighted by Crippen LogP contribution is -2.22. The van der Waals surface area contributed by atoms with Gasteiger partial charge in [0, 0.05) is 16.3 Å². The van der Waals surface area contributed by atoms with Crippen molar-refractivity contribution in [1.29, 1.82) is 0 Å². The van der Waals surface area contributed by atoms with Crippen LogP contribution < -0.4 is 10.7 Å². The van der Waals surface area contributed by atoms with Crippen molar-refractivity contribution in [2.24, 2.45) is 5.10 Å². The van der Waals surface area contributed by atoms with Gasteiger partial charge in [-0.05, 0) is 64.8 Å². The SMILES string of the molecule is C/C(=N\NC(=O)Cc1c(F)cccc1Cl)c1ccc(NC(=O)c2ccc(Br)o2)cc1. The molecule has 0 atom stereocenters. The highest BCUT2D eigenvalue weighted by molar-refractivity contribution is 9.10. The summed E-state index contributed by atoms with van der Waals surface area (Å²) in [5.74, 6) is -1.23. The molecule has 3 rings (SSSR count). The summed E-state index contributed by atoms with van der Waals surface area (Å²) in [6.07, 6.45) is -0.226. The van der Waals surface area contributed by atoms with Gasteiger partial charge in [0.15, 0.2) is 10.4 Å². The van der Waals surface area contributed by atoms with Crippen LogP contribution in [-0.4, -0.2) is 17.5 Å². The van der Waals surface area contributed by atoms with Gasteiger partial charge in [0.05, 0.1) is 12.1 Å². The summed E-state index contributed by atoms with van der Waals surface area (Å²) in [6.45, 7) is 1.71. The maximum absolute atomic E-state index is 13.8. The molecule has 0 bridgehead atoms. The smallest absolute Gasteiger partial charge is 0.291 e. The van der Waals surface area contributed by atoms with Crippen LogP contribution in [0.4, 0.5) is 10.1 Å². The van der Waals surface area contributed by atoms with Gasteiger partial charge in [-0.25, -0.2) is 9.82 Å². The third kappa shape index (κ3) is 5.55. The molecule has 0 spiro atoms. The average molecular weight is 493 g/mol. The lowest BCUT2D eigenvalue weighted by Gasteiger charge is -2.07. The van der Waals surface area contributed by atoms with Crippen LogP contribution in [0.5, 0.6) is 0 Å². The highest BCUT2D eigenvalue weighted by atomic mass is 79.9. The van der Waals surface area contributed by atoms with Gasteiger partial charge < -0.3 is 9.73 Å². The number of nitrogens with one attached hydrogen (secondary N) is 2. The van der Waals surface area contributed by atoms with Crippen LogP contribution in [0.25, 0.3) is 0 Å². The molecule has 1 aromatic heterocycles. The molecular formula is C21H16BrClFN3O3. The van der Waals surface area contributed by atoms with Crippen molar-refractivity contribution < 1.29 is 18.4 Å². The summed E-state index contributed by atoms with van der Waals surface area (Å²) in [5.41, 5.74) is 4.35. The Labute approximate surface area is 185 Å². The van der Waals surface area contributed by atoms with E-state index in [0.29, 0.717) is 16.1 Å². The van der Waals surface area contributed by atoms with E-state index in [0.717, 1.165) is 5.56 Å². The molecule has 1 heterocycles. The fraction of sp³-hybridized carbons (Fsp3) is 0.0952. The largest absolute Gasteiger partial charge is 0.444 e. The van der Waals surface area contributed by atoms with E-state index in [-0.39, 0.29) is 28.7 Å². The van der Waals surface area contributed by atoms with E-state index < -0.39 is 11.7 Å². The zero-order chi connectivity index (χ0) is 21.7. The van der Waals surface area contributed by atoms with Crippen molar-refractivity contribution in [3.63, 3.8) is 0 Å². The maximum Gasteiger partial charge on any atom is 0.291 e. The summed E-state index contributed by atoms with van der Waals surface area (Å²) in [6, 6.07) is 14.3. The predicted molar refractivity (Wildman–Crippen MR) is 116 cm³/mol. The topological polar surface area (TPSA) is 83.7 Å². The number of rotatable bonds is 6. The zero-order valence-corrected chi connectivity index (χ0v) is 18.1. The number of carbonyl (C=O) groups is 2. The first-order valence-corrected chi connectivity index (χ1v) is 9.93. The molecule has 0 aliphatic heterocycles. The second kappa shape index (κ2) is 9.69. The Morgan fingerprint density at radius 3 is 2.50 bits per heavy atom. The minimum absolute atomic E-state index is 0.119. The van der Waals surface area contributed by atoms with Crippen molar-refractivity contribution >= 4 is 50.7 Å². The van der Waals surface area contributed by atoms with E-state index in [4.69, 9.17) is 16.0 Å². The Bertz CT molecular complexity index is 1090. The molecule has 0 fully saturated rings. The van der Waals surface area contributed by atoms with Crippen LogP contribution in [0.1, 0.15) is 28.6 Å². The number of benzene rings is 2. The van der Waals surface area contributed by atoms with Crippen molar-refractivity contribution in [3.8, 4) is 0 Å². The molecule has 30 heavy (non-hydrogen) atoms. The molecule has 0 aliphatic carbocycles. The molecule has 154 valence electrons. The van der Waals surface area contributed by atoms with E-state index in [2.05, 4.69) is 31.8 Å². The van der Waals surface area contributed by atoms with Crippen molar-refractivity contribution in [1.82, 2.24) is 5.43 Å². The molecule has 0 saturated carbocycles. The number of nitrogens with zero attached hydrogens (tertiary/aromatic N) is 1.